The molecule has 0 atom stereocenters. The number of imidazole rings is 1. The van der Waals surface area contributed by atoms with Crippen molar-refractivity contribution in [2.24, 2.45) is 7.05 Å². The molecule has 5 nitrogen and oxygen atoms in total. The van der Waals surface area contributed by atoms with Gasteiger partial charge in [0, 0.05) is 11.5 Å². The van der Waals surface area contributed by atoms with Crippen molar-refractivity contribution in [3.05, 3.63) is 34.2 Å². The number of nitrogens with zero attached hydrogens (tertiary/aromatic N) is 4. The molecule has 3 aromatic rings. The molecular weight excluding hydrogens is 325 g/mol. The fourth-order valence-electron chi connectivity index (χ4n) is 2.33. The van der Waals surface area contributed by atoms with E-state index in [1.807, 2.05) is 6.92 Å². The molecule has 0 unspecified atom stereocenters. The largest absolute Gasteiger partial charge is 0.369 e. The average Bonchev–Trinajstić information content (AvgIpc) is 2.87. The van der Waals surface area contributed by atoms with Crippen LogP contribution in [-0.2, 0) is 13.5 Å². The van der Waals surface area contributed by atoms with Gasteiger partial charge in [-0.25, -0.2) is 14.1 Å². The maximum absolute atomic E-state index is 14.2. The molecule has 2 aromatic heterocycles. The lowest BCUT2D eigenvalue weighted by atomic mass is 10.3. The van der Waals surface area contributed by atoms with Crippen LogP contribution in [0.3, 0.4) is 0 Å². The molecule has 0 bridgehead atoms. The molecule has 0 spiro atoms. The Morgan fingerprint density at radius 2 is 2.15 bits per heavy atom. The summed E-state index contributed by atoms with van der Waals surface area (Å²) in [5, 5.41) is 4.39. The quantitative estimate of drug-likeness (QED) is 0.782. The van der Waals surface area contributed by atoms with E-state index in [1.54, 1.807) is 28.4 Å². The number of halogens is 2. The number of hydrogen-bond acceptors (Lipinski definition) is 3. The minimum Gasteiger partial charge on any atom is -0.369 e. The highest BCUT2D eigenvalue weighted by Gasteiger charge is 2.19. The number of hydrogen-bond donors (Lipinski definition) is 1. The Balaban J connectivity index is 2.36. The first-order valence-electron chi connectivity index (χ1n) is 6.18. The van der Waals surface area contributed by atoms with Gasteiger partial charge >= 0.3 is 0 Å². The minimum absolute atomic E-state index is 0.254. The number of nitrogen functional groups attached to an aromatic ring is 1. The Hall–Kier alpha value is -1.89. The predicted molar refractivity (Wildman–Crippen MR) is 79.3 cm³/mol. The number of aryl methyl sites for hydroxylation is 2. The Morgan fingerprint density at radius 3 is 2.80 bits per heavy atom. The van der Waals surface area contributed by atoms with Crippen molar-refractivity contribution < 1.29 is 4.39 Å². The molecule has 104 valence electrons. The van der Waals surface area contributed by atoms with E-state index < -0.39 is 0 Å². The summed E-state index contributed by atoms with van der Waals surface area (Å²) in [4.78, 5) is 4.32. The van der Waals surface area contributed by atoms with Gasteiger partial charge in [-0.2, -0.15) is 5.10 Å². The number of nitrogens with two attached hydrogens (primary N) is 1. The van der Waals surface area contributed by atoms with E-state index in [2.05, 4.69) is 26.0 Å². The van der Waals surface area contributed by atoms with Gasteiger partial charge in [-0.1, -0.05) is 22.9 Å². The van der Waals surface area contributed by atoms with Crippen molar-refractivity contribution in [1.29, 1.82) is 0 Å². The maximum Gasteiger partial charge on any atom is 0.207 e. The van der Waals surface area contributed by atoms with Gasteiger partial charge in [-0.3, -0.25) is 4.57 Å². The van der Waals surface area contributed by atoms with Crippen molar-refractivity contribution in [2.75, 3.05) is 5.73 Å². The number of rotatable bonds is 2. The van der Waals surface area contributed by atoms with Crippen LogP contribution in [0, 0.1) is 5.82 Å². The van der Waals surface area contributed by atoms with Crippen molar-refractivity contribution >= 4 is 33.0 Å². The first kappa shape index (κ1) is 13.1. The molecule has 3 rings (SSSR count). The second kappa shape index (κ2) is 4.59. The van der Waals surface area contributed by atoms with Gasteiger partial charge in [0.1, 0.15) is 11.3 Å². The van der Waals surface area contributed by atoms with Gasteiger partial charge in [0.25, 0.3) is 0 Å². The highest BCUT2D eigenvalue weighted by molar-refractivity contribution is 9.10. The van der Waals surface area contributed by atoms with Gasteiger partial charge in [0.05, 0.1) is 11.4 Å². The molecule has 0 aliphatic carbocycles. The van der Waals surface area contributed by atoms with Crippen LogP contribution in [0.2, 0.25) is 0 Å². The van der Waals surface area contributed by atoms with E-state index in [4.69, 9.17) is 5.73 Å². The first-order valence-corrected chi connectivity index (χ1v) is 6.97. The van der Waals surface area contributed by atoms with E-state index in [0.29, 0.717) is 15.8 Å². The van der Waals surface area contributed by atoms with Crippen molar-refractivity contribution in [1.82, 2.24) is 19.3 Å². The molecule has 0 saturated carbocycles. The van der Waals surface area contributed by atoms with Crippen LogP contribution in [0.25, 0.3) is 16.9 Å². The normalized spacial score (nSPS) is 11.4. The topological polar surface area (TPSA) is 61.7 Å². The number of anilines is 1. The van der Waals surface area contributed by atoms with Crippen LogP contribution < -0.4 is 5.73 Å². The Kier molecular flexibility index (Phi) is 3.01. The van der Waals surface area contributed by atoms with Gasteiger partial charge in [0.15, 0.2) is 5.65 Å². The lowest BCUT2D eigenvalue weighted by Crippen LogP contribution is -2.06. The molecule has 0 saturated heterocycles. The van der Waals surface area contributed by atoms with E-state index in [0.717, 1.165) is 17.6 Å². The van der Waals surface area contributed by atoms with E-state index in [9.17, 15) is 4.39 Å². The Bertz CT molecular complexity index is 805. The van der Waals surface area contributed by atoms with Crippen LogP contribution in [-0.4, -0.2) is 19.3 Å². The van der Waals surface area contributed by atoms with Crippen molar-refractivity contribution in [3.63, 3.8) is 0 Å². The van der Waals surface area contributed by atoms with Crippen molar-refractivity contribution in [3.8, 4) is 5.69 Å². The van der Waals surface area contributed by atoms with Crippen LogP contribution in [0.4, 0.5) is 10.3 Å². The maximum atomic E-state index is 14.2. The Morgan fingerprint density at radius 1 is 1.40 bits per heavy atom. The molecule has 1 aromatic carbocycles. The SMILES string of the molecule is CCc1nn(C)c2c1nc(N)n2-c1ccc(Br)cc1F. The van der Waals surface area contributed by atoms with Gasteiger partial charge in [0.2, 0.25) is 5.95 Å². The zero-order valence-corrected chi connectivity index (χ0v) is 12.6. The zero-order chi connectivity index (χ0) is 14.4. The van der Waals surface area contributed by atoms with Gasteiger partial charge in [-0.05, 0) is 24.6 Å². The average molecular weight is 338 g/mol. The summed E-state index contributed by atoms with van der Waals surface area (Å²) in [6.07, 6.45) is 0.747. The zero-order valence-electron chi connectivity index (χ0n) is 11.1. The summed E-state index contributed by atoms with van der Waals surface area (Å²) in [7, 11) is 1.80. The summed E-state index contributed by atoms with van der Waals surface area (Å²) < 4.78 is 18.1. The number of benzene rings is 1. The van der Waals surface area contributed by atoms with Crippen LogP contribution in [0.5, 0.6) is 0 Å². The number of aromatic nitrogens is 4. The molecule has 20 heavy (non-hydrogen) atoms. The molecule has 7 heteroatoms. The van der Waals surface area contributed by atoms with Gasteiger partial charge < -0.3 is 5.73 Å². The molecular formula is C13H13BrFN5. The van der Waals surface area contributed by atoms with Crippen molar-refractivity contribution in [2.45, 2.75) is 13.3 Å². The van der Waals surface area contributed by atoms with Gasteiger partial charge in [-0.15, -0.1) is 0 Å². The fraction of sp³-hybridized carbons (Fsp3) is 0.231. The summed E-state index contributed by atoms with van der Waals surface area (Å²) in [6.45, 7) is 2.00. The lowest BCUT2D eigenvalue weighted by Gasteiger charge is -2.08. The Labute approximate surface area is 123 Å². The first-order chi connectivity index (χ1) is 9.52. The smallest absolute Gasteiger partial charge is 0.207 e. The molecule has 2 N–H and O–H groups in total. The molecule has 0 fully saturated rings. The highest BCUT2D eigenvalue weighted by Crippen LogP contribution is 2.28. The van der Waals surface area contributed by atoms with Crippen LogP contribution in [0.1, 0.15) is 12.6 Å². The van der Waals surface area contributed by atoms with E-state index in [-0.39, 0.29) is 11.8 Å². The molecule has 0 aliphatic rings. The molecule has 0 aliphatic heterocycles. The van der Waals surface area contributed by atoms with Crippen LogP contribution in [0.15, 0.2) is 22.7 Å². The van der Waals surface area contributed by atoms with Crippen LogP contribution >= 0.6 is 15.9 Å². The standard InChI is InChI=1S/C13H13BrFN5/c1-3-9-11-12(19(2)18-9)20(13(16)17-11)10-5-4-7(14)6-8(10)15/h4-6H,3H2,1-2H3,(H2,16,17). The minimum atomic E-state index is -0.371. The second-order valence-electron chi connectivity index (χ2n) is 4.50. The second-order valence-corrected chi connectivity index (χ2v) is 5.41. The van der Waals surface area contributed by atoms with E-state index in [1.165, 1.54) is 6.07 Å². The lowest BCUT2D eigenvalue weighted by molar-refractivity contribution is 0.617. The molecule has 0 amide bonds. The summed E-state index contributed by atoms with van der Waals surface area (Å²) in [5.41, 5.74) is 8.59. The summed E-state index contributed by atoms with van der Waals surface area (Å²) in [5.74, 6) is -0.117. The third-order valence-electron chi connectivity index (χ3n) is 3.22. The summed E-state index contributed by atoms with van der Waals surface area (Å²) >= 11 is 3.24. The molecule has 0 radical (unpaired) electrons. The summed E-state index contributed by atoms with van der Waals surface area (Å²) in [6, 6.07) is 4.83. The third kappa shape index (κ3) is 1.81. The van der Waals surface area contributed by atoms with E-state index >= 15 is 0 Å². The predicted octanol–water partition coefficient (Wildman–Crippen LogP) is 2.81. The molecule has 2 heterocycles. The monoisotopic (exact) mass is 337 g/mol. The fourth-order valence-corrected chi connectivity index (χ4v) is 2.67. The third-order valence-corrected chi connectivity index (χ3v) is 3.71. The highest BCUT2D eigenvalue weighted by atomic mass is 79.9. The number of fused-ring (bicyclic) bond motifs is 1.